The van der Waals surface area contributed by atoms with E-state index < -0.39 is 10.1 Å². The van der Waals surface area contributed by atoms with Gasteiger partial charge in [0.15, 0.2) is 0 Å². The van der Waals surface area contributed by atoms with Crippen molar-refractivity contribution in [1.29, 1.82) is 0 Å². The van der Waals surface area contributed by atoms with Gasteiger partial charge in [0.1, 0.15) is 16.7 Å². The first-order chi connectivity index (χ1) is 8.42. The Kier molecular flexibility index (Phi) is 6.71. The number of carbonyl (C=O) groups excluding carboxylic acids is 1. The Morgan fingerprint density at radius 3 is 1.84 bits per heavy atom. The summed E-state index contributed by atoms with van der Waals surface area (Å²) in [6.45, 7) is 2.31. The van der Waals surface area contributed by atoms with Crippen LogP contribution in [0.5, 0.6) is 0 Å². The Labute approximate surface area is 120 Å². The van der Waals surface area contributed by atoms with Crippen LogP contribution < -0.4 is 0 Å². The van der Waals surface area contributed by atoms with Gasteiger partial charge in [0.2, 0.25) is 5.12 Å². The Morgan fingerprint density at radius 2 is 1.63 bits per heavy atom. The van der Waals surface area contributed by atoms with Crippen molar-refractivity contribution in [2.75, 3.05) is 27.7 Å². The molecule has 0 fully saturated rings. The summed E-state index contributed by atoms with van der Waals surface area (Å²) in [5.74, 6) is 0. The topological polar surface area (TPSA) is 74.3 Å². The van der Waals surface area contributed by atoms with Gasteiger partial charge in [0.25, 0.3) is 0 Å². The largest absolute Gasteiger partial charge is 0.744 e. The van der Waals surface area contributed by atoms with Gasteiger partial charge in [0.05, 0.1) is 26.0 Å². The molecule has 0 N–H and O–H groups in total. The zero-order valence-electron chi connectivity index (χ0n) is 11.5. The summed E-state index contributed by atoms with van der Waals surface area (Å²) in [5, 5.41) is -0.0579. The molecule has 1 rings (SSSR count). The first kappa shape index (κ1) is 18.1. The van der Waals surface area contributed by atoms with Crippen molar-refractivity contribution >= 4 is 27.9 Å². The fourth-order valence-electron chi connectivity index (χ4n) is 1.11. The minimum Gasteiger partial charge on any atom is -0.744 e. The van der Waals surface area contributed by atoms with E-state index in [1.165, 1.54) is 12.1 Å². The highest BCUT2D eigenvalue weighted by molar-refractivity contribution is 7.96. The molecule has 0 atom stereocenters. The maximum absolute atomic E-state index is 10.4. The molecule has 19 heavy (non-hydrogen) atoms. The van der Waals surface area contributed by atoms with Crippen LogP contribution in [0.1, 0.15) is 5.56 Å². The van der Waals surface area contributed by atoms with Gasteiger partial charge in [-0.15, -0.1) is 0 Å². The number of rotatable bonds is 3. The summed E-state index contributed by atoms with van der Waals surface area (Å²) in [6.07, 6.45) is 0. The molecule has 0 saturated carbocycles. The number of hydrogen-bond donors (Lipinski definition) is 1. The van der Waals surface area contributed by atoms with E-state index in [2.05, 4.69) is 12.6 Å². The first-order valence-electron chi connectivity index (χ1n) is 5.46. The lowest BCUT2D eigenvalue weighted by Crippen LogP contribution is -2.37. The molecule has 0 unspecified atom stereocenters. The van der Waals surface area contributed by atoms with Crippen molar-refractivity contribution in [3.05, 3.63) is 29.8 Å². The van der Waals surface area contributed by atoms with E-state index in [4.69, 9.17) is 0 Å². The molecule has 0 aliphatic carbocycles. The normalized spacial score (nSPS) is 11.5. The maximum atomic E-state index is 10.4. The van der Waals surface area contributed by atoms with Crippen molar-refractivity contribution in [3.8, 4) is 0 Å². The number of quaternary nitrogens is 1. The van der Waals surface area contributed by atoms with Crippen molar-refractivity contribution in [3.63, 3.8) is 0 Å². The molecule has 7 heteroatoms. The Bertz CT molecular complexity index is 516. The fraction of sp³-hybridized carbons (Fsp3) is 0.417. The van der Waals surface area contributed by atoms with Crippen molar-refractivity contribution in [1.82, 2.24) is 0 Å². The second-order valence-corrected chi connectivity index (χ2v) is 6.99. The molecule has 108 valence electrons. The summed E-state index contributed by atoms with van der Waals surface area (Å²) in [7, 11) is 1.59. The molecule has 5 nitrogen and oxygen atoms in total. The highest BCUT2D eigenvalue weighted by atomic mass is 32.2. The van der Waals surface area contributed by atoms with Gasteiger partial charge < -0.3 is 9.04 Å². The molecule has 0 amide bonds. The third-order valence-corrected chi connectivity index (χ3v) is 2.91. The second-order valence-electron chi connectivity index (χ2n) is 5.11. The van der Waals surface area contributed by atoms with Crippen molar-refractivity contribution in [2.24, 2.45) is 0 Å². The molecule has 0 heterocycles. The van der Waals surface area contributed by atoms with E-state index in [0.717, 1.165) is 5.56 Å². The van der Waals surface area contributed by atoms with Gasteiger partial charge in [-0.05, 0) is 19.1 Å². The fourth-order valence-corrected chi connectivity index (χ4v) is 2.00. The monoisotopic (exact) mass is 305 g/mol. The Hall–Kier alpha value is -0.890. The quantitative estimate of drug-likeness (QED) is 0.514. The van der Waals surface area contributed by atoms with E-state index in [1.807, 2.05) is 28.1 Å². The molecule has 1 aromatic carbocycles. The third-order valence-electron chi connectivity index (χ3n) is 1.92. The number of carbonyl (C=O) groups is 1. The average Bonchev–Trinajstić information content (AvgIpc) is 2.13. The SMILES string of the molecule is C[N+](C)(C)CC(=O)S.Cc1ccc(S(=O)(=O)[O-])cc1. The highest BCUT2D eigenvalue weighted by Gasteiger charge is 2.09. The van der Waals surface area contributed by atoms with Gasteiger partial charge >= 0.3 is 0 Å². The number of likely N-dealkylation sites (N-methyl/N-ethyl adjacent to an activating group) is 1. The lowest BCUT2D eigenvalue weighted by atomic mass is 10.2. The number of nitrogens with zero attached hydrogens (tertiary/aromatic N) is 1. The minimum atomic E-state index is -4.27. The van der Waals surface area contributed by atoms with Crippen LogP contribution in [0.2, 0.25) is 0 Å². The standard InChI is InChI=1S/C7H8O3S.C5H11NOS/c1-6-2-4-7(5-3-6)11(8,9)10;1-6(2,3)4-5(7)8/h2-5H,1H3,(H,8,9,10);4H2,1-3H3. The molecule has 0 spiro atoms. The lowest BCUT2D eigenvalue weighted by molar-refractivity contribution is -0.861. The molecule has 0 bridgehead atoms. The maximum Gasteiger partial charge on any atom is 0.240 e. The van der Waals surface area contributed by atoms with Crippen molar-refractivity contribution < 1.29 is 22.2 Å². The predicted molar refractivity (Wildman–Crippen MR) is 76.0 cm³/mol. The van der Waals surface area contributed by atoms with Gasteiger partial charge in [-0.1, -0.05) is 30.3 Å². The van der Waals surface area contributed by atoms with Crippen molar-refractivity contribution in [2.45, 2.75) is 11.8 Å². The van der Waals surface area contributed by atoms with Gasteiger partial charge in [0, 0.05) is 0 Å². The molecular formula is C12H19NO4S2. The van der Waals surface area contributed by atoms with Crippen LogP contribution in [0.25, 0.3) is 0 Å². The van der Waals surface area contributed by atoms with Crippen LogP contribution in [0.15, 0.2) is 29.2 Å². The molecule has 1 aromatic rings. The number of thiol groups is 1. The Morgan fingerprint density at radius 1 is 1.21 bits per heavy atom. The molecule has 0 radical (unpaired) electrons. The molecule has 0 aromatic heterocycles. The average molecular weight is 305 g/mol. The van der Waals surface area contributed by atoms with E-state index >= 15 is 0 Å². The highest BCUT2D eigenvalue weighted by Crippen LogP contribution is 2.08. The van der Waals surface area contributed by atoms with Crippen LogP contribution in [0.4, 0.5) is 0 Å². The zero-order chi connectivity index (χ0) is 15.3. The second kappa shape index (κ2) is 7.04. The van der Waals surface area contributed by atoms with E-state index in [-0.39, 0.29) is 10.0 Å². The van der Waals surface area contributed by atoms with Crippen LogP contribution in [0.3, 0.4) is 0 Å². The van der Waals surface area contributed by atoms with E-state index in [1.54, 1.807) is 12.1 Å². The minimum absolute atomic E-state index is 0.0579. The predicted octanol–water partition coefficient (Wildman–Crippen LogP) is 1.05. The number of hydrogen-bond acceptors (Lipinski definition) is 4. The summed E-state index contributed by atoms with van der Waals surface area (Å²) in [5.41, 5.74) is 0.928. The molecule has 0 saturated heterocycles. The zero-order valence-corrected chi connectivity index (χ0v) is 13.2. The smallest absolute Gasteiger partial charge is 0.240 e. The summed E-state index contributed by atoms with van der Waals surface area (Å²) in [6, 6.07) is 5.78. The number of aryl methyl sites for hydroxylation is 1. The van der Waals surface area contributed by atoms with E-state index in [0.29, 0.717) is 11.0 Å². The summed E-state index contributed by atoms with van der Waals surface area (Å²) < 4.78 is 31.8. The van der Waals surface area contributed by atoms with Crippen LogP contribution in [0, 0.1) is 6.92 Å². The van der Waals surface area contributed by atoms with Crippen LogP contribution in [-0.4, -0.2) is 50.3 Å². The summed E-state index contributed by atoms with van der Waals surface area (Å²) in [4.78, 5) is 10.1. The van der Waals surface area contributed by atoms with Gasteiger partial charge in [-0.3, -0.25) is 4.79 Å². The molecular weight excluding hydrogens is 286 g/mol. The van der Waals surface area contributed by atoms with Crippen LogP contribution >= 0.6 is 12.6 Å². The summed E-state index contributed by atoms with van der Waals surface area (Å²) >= 11 is 3.64. The number of benzene rings is 1. The first-order valence-corrected chi connectivity index (χ1v) is 7.32. The Balaban J connectivity index is 0.000000362. The lowest BCUT2D eigenvalue weighted by Gasteiger charge is -2.21. The van der Waals surface area contributed by atoms with Gasteiger partial charge in [-0.25, -0.2) is 8.42 Å². The van der Waals surface area contributed by atoms with Crippen LogP contribution in [-0.2, 0) is 14.9 Å². The van der Waals surface area contributed by atoms with E-state index in [9.17, 15) is 17.8 Å². The molecule has 0 aliphatic rings. The molecule has 0 aliphatic heterocycles. The third kappa shape index (κ3) is 9.66. The van der Waals surface area contributed by atoms with Gasteiger partial charge in [-0.2, -0.15) is 0 Å².